The normalized spacial score (nSPS) is 12.7. The number of rotatable bonds is 3. The van der Waals surface area contributed by atoms with Crippen molar-refractivity contribution >= 4 is 34.5 Å². The molecule has 22 heavy (non-hydrogen) atoms. The van der Waals surface area contributed by atoms with E-state index in [1.54, 1.807) is 0 Å². The van der Waals surface area contributed by atoms with Gasteiger partial charge in [-0.2, -0.15) is 0 Å². The first kappa shape index (κ1) is 15.1. The Balaban J connectivity index is 2.09. The Morgan fingerprint density at radius 1 is 0.818 bits per heavy atom. The first-order chi connectivity index (χ1) is 10.5. The third-order valence-corrected chi connectivity index (χ3v) is 5.01. The standard InChI is InChI=1S/C18H22N3S/c1-6-21-15-9-7-13(19(2)3)11-17(15)22-18-12-14(20(4)5)8-10-16(18)21/h6-12H,1-5H3. The zero-order valence-electron chi connectivity index (χ0n) is 13.8. The predicted octanol–water partition coefficient (Wildman–Crippen LogP) is 4.60. The molecule has 0 N–H and O–H groups in total. The van der Waals surface area contributed by atoms with Crippen molar-refractivity contribution in [1.82, 2.24) is 0 Å². The molecule has 0 saturated carbocycles. The highest BCUT2D eigenvalue weighted by atomic mass is 32.2. The molecular weight excluding hydrogens is 290 g/mol. The predicted molar refractivity (Wildman–Crippen MR) is 97.8 cm³/mol. The largest absolute Gasteiger partial charge is 0.378 e. The zero-order chi connectivity index (χ0) is 15.9. The van der Waals surface area contributed by atoms with Gasteiger partial charge in [-0.3, -0.25) is 0 Å². The summed E-state index contributed by atoms with van der Waals surface area (Å²) in [5, 5.41) is 0. The summed E-state index contributed by atoms with van der Waals surface area (Å²) in [5.41, 5.74) is 4.97. The van der Waals surface area contributed by atoms with E-state index in [1.807, 2.05) is 11.8 Å². The molecule has 1 heterocycles. The van der Waals surface area contributed by atoms with Crippen LogP contribution in [0, 0.1) is 6.54 Å². The van der Waals surface area contributed by atoms with E-state index < -0.39 is 0 Å². The first-order valence-corrected chi connectivity index (χ1v) is 8.22. The lowest BCUT2D eigenvalue weighted by molar-refractivity contribution is 1.06. The summed E-state index contributed by atoms with van der Waals surface area (Å²) in [4.78, 5) is 9.17. The number of hydrogen-bond donors (Lipinski definition) is 0. The first-order valence-electron chi connectivity index (χ1n) is 7.40. The number of anilines is 4. The topological polar surface area (TPSA) is 9.72 Å². The Morgan fingerprint density at radius 2 is 1.27 bits per heavy atom. The number of fused-ring (bicyclic) bond motifs is 2. The maximum Gasteiger partial charge on any atom is 0.0557 e. The molecule has 2 aromatic rings. The van der Waals surface area contributed by atoms with Gasteiger partial charge >= 0.3 is 0 Å². The summed E-state index contributed by atoms with van der Waals surface area (Å²) >= 11 is 1.85. The van der Waals surface area contributed by atoms with Crippen LogP contribution in [0.3, 0.4) is 0 Å². The van der Waals surface area contributed by atoms with Crippen LogP contribution in [-0.4, -0.2) is 28.2 Å². The van der Waals surface area contributed by atoms with Crippen LogP contribution in [0.1, 0.15) is 6.92 Å². The van der Waals surface area contributed by atoms with E-state index in [-0.39, 0.29) is 0 Å². The highest BCUT2D eigenvalue weighted by molar-refractivity contribution is 7.99. The Labute approximate surface area is 137 Å². The smallest absolute Gasteiger partial charge is 0.0557 e. The molecule has 3 nitrogen and oxygen atoms in total. The van der Waals surface area contributed by atoms with Crippen LogP contribution in [-0.2, 0) is 0 Å². The van der Waals surface area contributed by atoms with Crippen LogP contribution >= 0.6 is 11.8 Å². The summed E-state index contributed by atoms with van der Waals surface area (Å²) < 4.78 is 0. The minimum absolute atomic E-state index is 1.23. The second-order valence-corrected chi connectivity index (χ2v) is 6.91. The molecule has 0 saturated heterocycles. The lowest BCUT2D eigenvalue weighted by Crippen LogP contribution is -2.18. The van der Waals surface area contributed by atoms with E-state index in [2.05, 4.69) is 92.8 Å². The summed E-state index contributed by atoms with van der Waals surface area (Å²) in [6.07, 6.45) is 0. The van der Waals surface area contributed by atoms with Crippen LogP contribution in [0.25, 0.3) is 0 Å². The molecule has 1 aliphatic rings. The van der Waals surface area contributed by atoms with Gasteiger partial charge in [0.05, 0.1) is 17.9 Å². The Kier molecular flexibility index (Phi) is 3.96. The molecule has 0 amide bonds. The van der Waals surface area contributed by atoms with Gasteiger partial charge in [-0.05, 0) is 43.3 Å². The van der Waals surface area contributed by atoms with Crippen LogP contribution in [0.15, 0.2) is 46.2 Å². The number of nitrogens with zero attached hydrogens (tertiary/aromatic N) is 3. The van der Waals surface area contributed by atoms with Gasteiger partial charge in [0.2, 0.25) is 0 Å². The van der Waals surface area contributed by atoms with Gasteiger partial charge in [-0.1, -0.05) is 11.8 Å². The second kappa shape index (κ2) is 5.76. The van der Waals surface area contributed by atoms with Crippen molar-refractivity contribution in [2.75, 3.05) is 42.9 Å². The molecule has 1 aliphatic heterocycles. The highest BCUT2D eigenvalue weighted by Crippen LogP contribution is 2.50. The Hall–Kier alpha value is -1.81. The van der Waals surface area contributed by atoms with Crippen molar-refractivity contribution in [1.29, 1.82) is 0 Å². The van der Waals surface area contributed by atoms with Gasteiger partial charge in [0, 0.05) is 49.4 Å². The van der Waals surface area contributed by atoms with Crippen molar-refractivity contribution in [3.8, 4) is 0 Å². The Bertz CT molecular complexity index is 637. The maximum atomic E-state index is 2.28. The molecule has 0 atom stereocenters. The van der Waals surface area contributed by atoms with E-state index in [0.717, 1.165) is 0 Å². The van der Waals surface area contributed by atoms with Gasteiger partial charge < -0.3 is 14.7 Å². The second-order valence-electron chi connectivity index (χ2n) is 5.82. The molecule has 0 aliphatic carbocycles. The summed E-state index contributed by atoms with van der Waals surface area (Å²) in [6, 6.07) is 13.3. The summed E-state index contributed by atoms with van der Waals surface area (Å²) in [7, 11) is 8.32. The van der Waals surface area contributed by atoms with Gasteiger partial charge in [-0.25, -0.2) is 0 Å². The molecule has 0 spiro atoms. The Morgan fingerprint density at radius 3 is 1.64 bits per heavy atom. The van der Waals surface area contributed by atoms with Crippen LogP contribution < -0.4 is 14.7 Å². The van der Waals surface area contributed by atoms with E-state index in [1.165, 1.54) is 32.5 Å². The van der Waals surface area contributed by atoms with Crippen molar-refractivity contribution in [3.05, 3.63) is 42.9 Å². The van der Waals surface area contributed by atoms with Gasteiger partial charge in [0.25, 0.3) is 0 Å². The fourth-order valence-electron chi connectivity index (χ4n) is 2.65. The quantitative estimate of drug-likeness (QED) is 0.819. The van der Waals surface area contributed by atoms with Crippen LogP contribution in [0.5, 0.6) is 0 Å². The maximum absolute atomic E-state index is 2.28. The molecule has 115 valence electrons. The molecule has 0 unspecified atom stereocenters. The number of benzene rings is 2. The van der Waals surface area contributed by atoms with Gasteiger partial charge in [-0.15, -0.1) is 0 Å². The molecule has 3 rings (SSSR count). The minimum Gasteiger partial charge on any atom is -0.378 e. The lowest BCUT2D eigenvalue weighted by atomic mass is 10.2. The highest BCUT2D eigenvalue weighted by Gasteiger charge is 2.23. The van der Waals surface area contributed by atoms with E-state index >= 15 is 0 Å². The van der Waals surface area contributed by atoms with Crippen molar-refractivity contribution in [2.45, 2.75) is 16.7 Å². The molecule has 0 fully saturated rings. The third-order valence-electron chi connectivity index (χ3n) is 3.92. The monoisotopic (exact) mass is 312 g/mol. The SMILES string of the molecule is C[CH]N1c2ccc(N(C)C)cc2Sc2cc(N(C)C)ccc21. The average molecular weight is 312 g/mol. The lowest BCUT2D eigenvalue weighted by Gasteiger charge is -2.33. The van der Waals surface area contributed by atoms with Crippen LogP contribution in [0.4, 0.5) is 22.7 Å². The average Bonchev–Trinajstić information content (AvgIpc) is 2.51. The van der Waals surface area contributed by atoms with Gasteiger partial charge in [0.1, 0.15) is 0 Å². The van der Waals surface area contributed by atoms with E-state index in [0.29, 0.717) is 0 Å². The minimum atomic E-state index is 1.23. The fraction of sp³-hybridized carbons (Fsp3) is 0.278. The number of hydrogen-bond acceptors (Lipinski definition) is 4. The summed E-state index contributed by atoms with van der Waals surface area (Å²) in [6.45, 7) is 4.23. The molecule has 1 radical (unpaired) electrons. The molecule has 4 heteroatoms. The molecule has 0 aromatic heterocycles. The molecular formula is C18H22N3S. The van der Waals surface area contributed by atoms with Crippen LogP contribution in [0.2, 0.25) is 0 Å². The fourth-order valence-corrected chi connectivity index (χ4v) is 3.79. The third kappa shape index (κ3) is 2.52. The molecule has 2 aromatic carbocycles. The van der Waals surface area contributed by atoms with Crippen molar-refractivity contribution in [2.24, 2.45) is 0 Å². The van der Waals surface area contributed by atoms with Crippen molar-refractivity contribution < 1.29 is 0 Å². The zero-order valence-corrected chi connectivity index (χ0v) is 14.6. The van der Waals surface area contributed by atoms with E-state index in [4.69, 9.17) is 0 Å². The summed E-state index contributed by atoms with van der Waals surface area (Å²) in [5.74, 6) is 0. The molecule has 0 bridgehead atoms. The van der Waals surface area contributed by atoms with Crippen molar-refractivity contribution in [3.63, 3.8) is 0 Å². The van der Waals surface area contributed by atoms with E-state index in [9.17, 15) is 0 Å². The van der Waals surface area contributed by atoms with Gasteiger partial charge in [0.15, 0.2) is 0 Å².